The van der Waals surface area contributed by atoms with Crippen molar-refractivity contribution in [2.75, 3.05) is 19.7 Å². The number of ether oxygens (including phenoxy) is 1. The van der Waals surface area contributed by atoms with E-state index in [1.54, 1.807) is 4.90 Å². The van der Waals surface area contributed by atoms with E-state index in [0.29, 0.717) is 32.0 Å². The summed E-state index contributed by atoms with van der Waals surface area (Å²) in [7, 11) is 0. The first-order valence-corrected chi connectivity index (χ1v) is 7.75. The Kier molecular flexibility index (Phi) is 3.73. The maximum Gasteiger partial charge on any atom is 0.226 e. The summed E-state index contributed by atoms with van der Waals surface area (Å²) in [4.78, 5) is 13.7. The van der Waals surface area contributed by atoms with Gasteiger partial charge in [-0.05, 0) is 37.0 Å². The van der Waals surface area contributed by atoms with E-state index in [0.717, 1.165) is 23.1 Å². The van der Waals surface area contributed by atoms with Gasteiger partial charge in [0.05, 0.1) is 26.1 Å². The zero-order valence-electron chi connectivity index (χ0n) is 11.2. The quantitative estimate of drug-likeness (QED) is 0.894. The predicted octanol–water partition coefficient (Wildman–Crippen LogP) is 2.20. The molecule has 1 aromatic rings. The van der Waals surface area contributed by atoms with Crippen molar-refractivity contribution in [1.82, 2.24) is 4.90 Å². The molecule has 1 N–H and O–H groups in total. The van der Waals surface area contributed by atoms with Gasteiger partial charge in [-0.25, -0.2) is 0 Å². The highest BCUT2D eigenvalue weighted by atomic mass is 79.9. The van der Waals surface area contributed by atoms with E-state index >= 15 is 0 Å². The number of carbonyl (C=O) groups excluding carboxylic acids is 1. The molecule has 20 heavy (non-hydrogen) atoms. The van der Waals surface area contributed by atoms with Gasteiger partial charge in [0.2, 0.25) is 5.91 Å². The Morgan fingerprint density at radius 2 is 2.20 bits per heavy atom. The summed E-state index contributed by atoms with van der Waals surface area (Å²) in [5, 5.41) is 10.2. The van der Waals surface area contributed by atoms with Gasteiger partial charge in [-0.3, -0.25) is 4.79 Å². The van der Waals surface area contributed by atoms with Gasteiger partial charge in [0.25, 0.3) is 0 Å². The van der Waals surface area contributed by atoms with Crippen LogP contribution in [0.2, 0.25) is 0 Å². The number of benzene rings is 1. The van der Waals surface area contributed by atoms with Crippen molar-refractivity contribution in [3.63, 3.8) is 0 Å². The second-order valence-electron chi connectivity index (χ2n) is 5.68. The Balaban J connectivity index is 1.40. The molecule has 1 aliphatic carbocycles. The molecule has 1 heterocycles. The van der Waals surface area contributed by atoms with E-state index in [2.05, 4.69) is 15.9 Å². The number of β-amino-alcohol motifs (C(OH)–C–C–N with tert-alkyl or cyclic N) is 1. The molecule has 0 spiro atoms. The molecule has 1 saturated carbocycles. The standard InChI is InChI=1S/C15H18BrNO3/c16-12-2-1-3-13(8-12)20-7-6-14(18)17-9-15(19,10-17)11-4-5-11/h1-3,8,11,19H,4-7,9-10H2. The smallest absolute Gasteiger partial charge is 0.226 e. The number of carbonyl (C=O) groups is 1. The Bertz CT molecular complexity index is 510. The zero-order chi connectivity index (χ0) is 14.2. The maximum atomic E-state index is 11.9. The Hall–Kier alpha value is -1.07. The van der Waals surface area contributed by atoms with Crippen LogP contribution in [0.1, 0.15) is 19.3 Å². The average molecular weight is 340 g/mol. The van der Waals surface area contributed by atoms with Gasteiger partial charge in [0, 0.05) is 4.47 Å². The molecule has 4 nitrogen and oxygen atoms in total. The molecule has 108 valence electrons. The lowest BCUT2D eigenvalue weighted by atomic mass is 9.88. The molecule has 0 atom stereocenters. The van der Waals surface area contributed by atoms with Crippen LogP contribution in [0.4, 0.5) is 0 Å². The van der Waals surface area contributed by atoms with E-state index in [9.17, 15) is 9.90 Å². The van der Waals surface area contributed by atoms with Gasteiger partial charge in [0.15, 0.2) is 0 Å². The summed E-state index contributed by atoms with van der Waals surface area (Å²) < 4.78 is 6.51. The number of nitrogens with zero attached hydrogens (tertiary/aromatic N) is 1. The summed E-state index contributed by atoms with van der Waals surface area (Å²) >= 11 is 3.38. The maximum absolute atomic E-state index is 11.9. The Morgan fingerprint density at radius 1 is 1.45 bits per heavy atom. The fourth-order valence-corrected chi connectivity index (χ4v) is 3.02. The van der Waals surface area contributed by atoms with E-state index in [-0.39, 0.29) is 5.91 Å². The normalized spacial score (nSPS) is 20.4. The van der Waals surface area contributed by atoms with E-state index < -0.39 is 5.60 Å². The molecule has 2 aliphatic rings. The molecule has 2 fully saturated rings. The minimum absolute atomic E-state index is 0.0605. The van der Waals surface area contributed by atoms with Crippen molar-refractivity contribution in [2.24, 2.45) is 5.92 Å². The highest BCUT2D eigenvalue weighted by molar-refractivity contribution is 9.10. The number of halogens is 1. The first-order valence-electron chi connectivity index (χ1n) is 6.95. The van der Waals surface area contributed by atoms with Crippen LogP contribution in [0.3, 0.4) is 0 Å². The predicted molar refractivity (Wildman–Crippen MR) is 78.5 cm³/mol. The van der Waals surface area contributed by atoms with E-state index in [1.165, 1.54) is 0 Å². The Labute approximate surface area is 126 Å². The lowest BCUT2D eigenvalue weighted by molar-refractivity contribution is -0.159. The second kappa shape index (κ2) is 5.37. The summed E-state index contributed by atoms with van der Waals surface area (Å²) in [6, 6.07) is 7.56. The van der Waals surface area contributed by atoms with Crippen molar-refractivity contribution in [3.05, 3.63) is 28.7 Å². The molecule has 1 saturated heterocycles. The number of hydrogen-bond acceptors (Lipinski definition) is 3. The third kappa shape index (κ3) is 2.99. The fraction of sp³-hybridized carbons (Fsp3) is 0.533. The summed E-state index contributed by atoms with van der Waals surface area (Å²) in [5.74, 6) is 1.24. The number of hydrogen-bond donors (Lipinski definition) is 1. The highest BCUT2D eigenvalue weighted by Crippen LogP contribution is 2.44. The first-order chi connectivity index (χ1) is 9.57. The van der Waals surface area contributed by atoms with Gasteiger partial charge >= 0.3 is 0 Å². The summed E-state index contributed by atoms with van der Waals surface area (Å²) in [6.07, 6.45) is 2.56. The molecule has 1 aliphatic heterocycles. The van der Waals surface area contributed by atoms with Gasteiger partial charge in [-0.2, -0.15) is 0 Å². The van der Waals surface area contributed by atoms with Crippen LogP contribution in [0, 0.1) is 5.92 Å². The van der Waals surface area contributed by atoms with Crippen molar-refractivity contribution >= 4 is 21.8 Å². The molecule has 0 bridgehead atoms. The van der Waals surface area contributed by atoms with Crippen molar-refractivity contribution in [2.45, 2.75) is 24.9 Å². The topological polar surface area (TPSA) is 49.8 Å². The van der Waals surface area contributed by atoms with Crippen LogP contribution < -0.4 is 4.74 Å². The van der Waals surface area contributed by atoms with Crippen LogP contribution in [-0.2, 0) is 4.79 Å². The largest absolute Gasteiger partial charge is 0.493 e. The van der Waals surface area contributed by atoms with Crippen LogP contribution in [-0.4, -0.2) is 41.2 Å². The number of aliphatic hydroxyl groups is 1. The lowest BCUT2D eigenvalue weighted by Crippen LogP contribution is -2.64. The first kappa shape index (κ1) is 13.9. The molecule has 1 amide bonds. The summed E-state index contributed by atoms with van der Waals surface area (Å²) in [6.45, 7) is 1.36. The van der Waals surface area contributed by atoms with Crippen LogP contribution in [0.15, 0.2) is 28.7 Å². The molecule has 3 rings (SSSR count). The SMILES string of the molecule is O=C(CCOc1cccc(Br)c1)N1CC(O)(C2CC2)C1. The zero-order valence-corrected chi connectivity index (χ0v) is 12.8. The molecule has 0 radical (unpaired) electrons. The number of amides is 1. The minimum Gasteiger partial charge on any atom is -0.493 e. The molecule has 0 aromatic heterocycles. The molecular weight excluding hydrogens is 322 g/mol. The molecular formula is C15H18BrNO3. The van der Waals surface area contributed by atoms with E-state index in [1.807, 2.05) is 24.3 Å². The van der Waals surface area contributed by atoms with Crippen molar-refractivity contribution < 1.29 is 14.6 Å². The Morgan fingerprint density at radius 3 is 2.85 bits per heavy atom. The summed E-state index contributed by atoms with van der Waals surface area (Å²) in [5.41, 5.74) is -0.596. The van der Waals surface area contributed by atoms with E-state index in [4.69, 9.17) is 4.74 Å². The molecule has 5 heteroatoms. The van der Waals surface area contributed by atoms with Gasteiger partial charge in [0.1, 0.15) is 11.4 Å². The minimum atomic E-state index is -0.596. The third-order valence-electron chi connectivity index (χ3n) is 4.00. The number of rotatable bonds is 5. The van der Waals surface area contributed by atoms with Crippen LogP contribution in [0.5, 0.6) is 5.75 Å². The van der Waals surface area contributed by atoms with Gasteiger partial charge in [-0.1, -0.05) is 22.0 Å². The van der Waals surface area contributed by atoms with Gasteiger partial charge < -0.3 is 14.7 Å². The van der Waals surface area contributed by atoms with Gasteiger partial charge in [-0.15, -0.1) is 0 Å². The van der Waals surface area contributed by atoms with Crippen LogP contribution in [0.25, 0.3) is 0 Å². The monoisotopic (exact) mass is 339 g/mol. The average Bonchev–Trinajstić information content (AvgIpc) is 3.19. The van der Waals surface area contributed by atoms with Crippen molar-refractivity contribution in [3.8, 4) is 5.75 Å². The van der Waals surface area contributed by atoms with Crippen molar-refractivity contribution in [1.29, 1.82) is 0 Å². The molecule has 1 aromatic carbocycles. The fourth-order valence-electron chi connectivity index (χ4n) is 2.64. The number of likely N-dealkylation sites (tertiary alicyclic amines) is 1. The van der Waals surface area contributed by atoms with Crippen LogP contribution >= 0.6 is 15.9 Å². The third-order valence-corrected chi connectivity index (χ3v) is 4.49. The second-order valence-corrected chi connectivity index (χ2v) is 6.60. The lowest BCUT2D eigenvalue weighted by Gasteiger charge is -2.47. The highest BCUT2D eigenvalue weighted by Gasteiger charge is 2.52. The molecule has 0 unspecified atom stereocenters.